The number of imidazole rings is 1. The Bertz CT molecular complexity index is 602. The normalized spacial score (nSPS) is 18.1. The third kappa shape index (κ3) is 2.70. The predicted octanol–water partition coefficient (Wildman–Crippen LogP) is 0.667. The number of nitrogens with one attached hydrogen (secondary N) is 2. The monoisotopic (exact) mass is 271 g/mol. The molecule has 1 amide bonds. The minimum atomic E-state index is -0.122. The van der Waals surface area contributed by atoms with Crippen molar-refractivity contribution in [1.29, 1.82) is 0 Å². The number of amides is 1. The molecule has 6 nitrogen and oxygen atoms in total. The van der Waals surface area contributed by atoms with Crippen molar-refractivity contribution in [3.05, 3.63) is 42.1 Å². The van der Waals surface area contributed by atoms with Crippen LogP contribution in [-0.2, 0) is 0 Å². The van der Waals surface area contributed by atoms with Crippen molar-refractivity contribution in [2.45, 2.75) is 19.4 Å². The Morgan fingerprint density at radius 3 is 3.10 bits per heavy atom. The van der Waals surface area contributed by atoms with Crippen LogP contribution in [-0.4, -0.2) is 39.6 Å². The lowest BCUT2D eigenvalue weighted by molar-refractivity contribution is 0.0935. The Balaban J connectivity index is 1.83. The summed E-state index contributed by atoms with van der Waals surface area (Å²) in [7, 11) is 0. The second kappa shape index (κ2) is 5.42. The van der Waals surface area contributed by atoms with Gasteiger partial charge in [-0.2, -0.15) is 0 Å². The van der Waals surface area contributed by atoms with Crippen LogP contribution in [0.1, 0.15) is 22.5 Å². The molecule has 104 valence electrons. The lowest BCUT2D eigenvalue weighted by atomic mass is 10.2. The van der Waals surface area contributed by atoms with E-state index >= 15 is 0 Å². The maximum Gasteiger partial charge on any atom is 0.270 e. The average Bonchev–Trinajstić information content (AvgIpc) is 3.11. The lowest BCUT2D eigenvalue weighted by Gasteiger charge is -2.12. The highest BCUT2D eigenvalue weighted by Crippen LogP contribution is 2.10. The van der Waals surface area contributed by atoms with Crippen molar-refractivity contribution >= 4 is 5.91 Å². The highest BCUT2D eigenvalue weighted by atomic mass is 16.1. The van der Waals surface area contributed by atoms with Crippen LogP contribution in [0.3, 0.4) is 0 Å². The van der Waals surface area contributed by atoms with Crippen LogP contribution in [0.5, 0.6) is 0 Å². The summed E-state index contributed by atoms with van der Waals surface area (Å²) in [5.74, 6) is 0.584. The number of carbonyl (C=O) groups excluding carboxylic acids is 1. The topological polar surface area (TPSA) is 71.8 Å². The summed E-state index contributed by atoms with van der Waals surface area (Å²) in [6, 6.07) is 3.93. The fourth-order valence-electron chi connectivity index (χ4n) is 2.33. The van der Waals surface area contributed by atoms with Crippen molar-refractivity contribution in [2.24, 2.45) is 0 Å². The van der Waals surface area contributed by atoms with Gasteiger partial charge in [0.05, 0.1) is 0 Å². The number of pyridine rings is 1. The van der Waals surface area contributed by atoms with Gasteiger partial charge in [0.25, 0.3) is 5.91 Å². The Morgan fingerprint density at radius 2 is 2.40 bits per heavy atom. The summed E-state index contributed by atoms with van der Waals surface area (Å²) >= 11 is 0. The third-order valence-electron chi connectivity index (χ3n) is 3.35. The minimum Gasteiger partial charge on any atom is -0.347 e. The number of hydrogen-bond acceptors (Lipinski definition) is 4. The minimum absolute atomic E-state index is 0.122. The van der Waals surface area contributed by atoms with Crippen molar-refractivity contribution < 1.29 is 4.79 Å². The van der Waals surface area contributed by atoms with Gasteiger partial charge in [0.15, 0.2) is 0 Å². The van der Waals surface area contributed by atoms with E-state index in [1.165, 1.54) is 0 Å². The highest BCUT2D eigenvalue weighted by Gasteiger charge is 2.18. The van der Waals surface area contributed by atoms with Gasteiger partial charge in [0.2, 0.25) is 0 Å². The van der Waals surface area contributed by atoms with Crippen LogP contribution in [0, 0.1) is 6.92 Å². The van der Waals surface area contributed by atoms with E-state index in [-0.39, 0.29) is 11.9 Å². The summed E-state index contributed by atoms with van der Waals surface area (Å²) in [5, 5.41) is 6.23. The molecule has 3 heterocycles. The van der Waals surface area contributed by atoms with Gasteiger partial charge in [0, 0.05) is 25.0 Å². The number of rotatable bonds is 3. The zero-order valence-electron chi connectivity index (χ0n) is 11.3. The molecule has 2 aromatic rings. The molecule has 2 aromatic heterocycles. The summed E-state index contributed by atoms with van der Waals surface area (Å²) < 4.78 is 1.79. The first-order valence-corrected chi connectivity index (χ1v) is 6.71. The van der Waals surface area contributed by atoms with Crippen LogP contribution in [0.2, 0.25) is 0 Å². The van der Waals surface area contributed by atoms with Gasteiger partial charge in [-0.1, -0.05) is 0 Å². The Labute approximate surface area is 117 Å². The fourth-order valence-corrected chi connectivity index (χ4v) is 2.33. The zero-order chi connectivity index (χ0) is 13.9. The van der Waals surface area contributed by atoms with Gasteiger partial charge < -0.3 is 10.6 Å². The number of aromatic nitrogens is 3. The molecule has 3 rings (SSSR count). The molecule has 6 heteroatoms. The first-order chi connectivity index (χ1) is 9.72. The lowest BCUT2D eigenvalue weighted by Crippen LogP contribution is -2.36. The molecule has 1 saturated heterocycles. The molecule has 0 aromatic carbocycles. The average molecular weight is 271 g/mol. The van der Waals surface area contributed by atoms with Crippen LogP contribution in [0.25, 0.3) is 5.82 Å². The molecule has 0 spiro atoms. The molecule has 20 heavy (non-hydrogen) atoms. The molecule has 1 atom stereocenters. The molecule has 0 saturated carbocycles. The van der Waals surface area contributed by atoms with E-state index in [1.807, 2.05) is 19.2 Å². The van der Waals surface area contributed by atoms with Gasteiger partial charge >= 0.3 is 0 Å². The molecule has 1 fully saturated rings. The van der Waals surface area contributed by atoms with E-state index in [2.05, 4.69) is 20.6 Å². The van der Waals surface area contributed by atoms with Crippen molar-refractivity contribution in [3.8, 4) is 5.82 Å². The molecule has 0 unspecified atom stereocenters. The SMILES string of the molecule is Cc1cc(C(=O)N[C@H]2CCNC2)nc(-n2ccnc2)c1. The maximum atomic E-state index is 12.2. The van der Waals surface area contributed by atoms with Gasteiger partial charge in [0.1, 0.15) is 17.8 Å². The molecule has 2 N–H and O–H groups in total. The van der Waals surface area contributed by atoms with E-state index in [0.29, 0.717) is 11.5 Å². The summed E-state index contributed by atoms with van der Waals surface area (Å²) in [4.78, 5) is 20.7. The molecule has 0 bridgehead atoms. The predicted molar refractivity (Wildman–Crippen MR) is 74.8 cm³/mol. The quantitative estimate of drug-likeness (QED) is 0.860. The first-order valence-electron chi connectivity index (χ1n) is 6.71. The van der Waals surface area contributed by atoms with Crippen LogP contribution in [0.15, 0.2) is 30.9 Å². The maximum absolute atomic E-state index is 12.2. The highest BCUT2D eigenvalue weighted by molar-refractivity contribution is 5.92. The van der Waals surface area contributed by atoms with E-state index in [9.17, 15) is 4.79 Å². The molecular weight excluding hydrogens is 254 g/mol. The summed E-state index contributed by atoms with van der Waals surface area (Å²) in [6.45, 7) is 3.73. The van der Waals surface area contributed by atoms with Crippen molar-refractivity contribution in [1.82, 2.24) is 25.2 Å². The van der Waals surface area contributed by atoms with Crippen LogP contribution < -0.4 is 10.6 Å². The van der Waals surface area contributed by atoms with E-state index in [4.69, 9.17) is 0 Å². The number of hydrogen-bond donors (Lipinski definition) is 2. The van der Waals surface area contributed by atoms with E-state index < -0.39 is 0 Å². The second-order valence-electron chi connectivity index (χ2n) is 5.02. The third-order valence-corrected chi connectivity index (χ3v) is 3.35. The Kier molecular flexibility index (Phi) is 3.47. The van der Waals surface area contributed by atoms with Gasteiger partial charge in [-0.15, -0.1) is 0 Å². The first kappa shape index (κ1) is 12.8. The zero-order valence-corrected chi connectivity index (χ0v) is 11.3. The van der Waals surface area contributed by atoms with Gasteiger partial charge in [-0.05, 0) is 37.6 Å². The van der Waals surface area contributed by atoms with Crippen molar-refractivity contribution in [2.75, 3.05) is 13.1 Å². The van der Waals surface area contributed by atoms with Gasteiger partial charge in [-0.25, -0.2) is 9.97 Å². The number of carbonyl (C=O) groups is 1. The number of aryl methyl sites for hydroxylation is 1. The number of nitrogens with zero attached hydrogens (tertiary/aromatic N) is 3. The van der Waals surface area contributed by atoms with Crippen molar-refractivity contribution in [3.63, 3.8) is 0 Å². The Morgan fingerprint density at radius 1 is 1.50 bits per heavy atom. The molecule has 0 radical (unpaired) electrons. The van der Waals surface area contributed by atoms with Crippen LogP contribution in [0.4, 0.5) is 0 Å². The largest absolute Gasteiger partial charge is 0.347 e. The molecular formula is C14H17N5O. The van der Waals surface area contributed by atoms with Gasteiger partial charge in [-0.3, -0.25) is 9.36 Å². The fraction of sp³-hybridized carbons (Fsp3) is 0.357. The molecule has 1 aliphatic rings. The second-order valence-corrected chi connectivity index (χ2v) is 5.02. The molecule has 1 aliphatic heterocycles. The van der Waals surface area contributed by atoms with E-state index in [1.54, 1.807) is 23.2 Å². The van der Waals surface area contributed by atoms with Crippen LogP contribution >= 0.6 is 0 Å². The van der Waals surface area contributed by atoms with E-state index in [0.717, 1.165) is 25.1 Å². The standard InChI is InChI=1S/C14H17N5O/c1-10-6-12(14(20)17-11-2-3-15-8-11)18-13(7-10)19-5-4-16-9-19/h4-7,9,11,15H,2-3,8H2,1H3,(H,17,20)/t11-/m0/s1. The Hall–Kier alpha value is -2.21. The smallest absolute Gasteiger partial charge is 0.270 e. The summed E-state index contributed by atoms with van der Waals surface area (Å²) in [6.07, 6.45) is 6.13. The summed E-state index contributed by atoms with van der Waals surface area (Å²) in [5.41, 5.74) is 1.44. The molecule has 0 aliphatic carbocycles.